The molecule has 0 bridgehead atoms. The second-order valence-corrected chi connectivity index (χ2v) is 5.65. The van der Waals surface area contributed by atoms with E-state index in [1.165, 1.54) is 6.20 Å². The summed E-state index contributed by atoms with van der Waals surface area (Å²) in [6.45, 7) is 3.00. The van der Waals surface area contributed by atoms with Crippen LogP contribution < -0.4 is 5.32 Å². The molecule has 0 aliphatic heterocycles. The Labute approximate surface area is 130 Å². The van der Waals surface area contributed by atoms with Crippen LogP contribution >= 0.6 is 11.6 Å². The second-order valence-electron chi connectivity index (χ2n) is 5.24. The van der Waals surface area contributed by atoms with Crippen LogP contribution in [0.4, 0.5) is 5.82 Å². The standard InChI is InChI=1S/C15H22ClN3O2/c1-2-17-14-9-12(13(16)10-18-14)15(21)19(7-8-20)11-5-3-4-6-11/h9-11,20H,2-8H2,1H3,(H,17,18). The quantitative estimate of drug-likeness (QED) is 0.847. The summed E-state index contributed by atoms with van der Waals surface area (Å²) in [6, 6.07) is 1.89. The minimum atomic E-state index is -0.123. The molecule has 2 rings (SSSR count). The van der Waals surface area contributed by atoms with E-state index in [2.05, 4.69) is 10.3 Å². The first kappa shape index (κ1) is 16.0. The molecule has 1 aliphatic carbocycles. The summed E-state index contributed by atoms with van der Waals surface area (Å²) in [5.41, 5.74) is 0.447. The largest absolute Gasteiger partial charge is 0.395 e. The minimum Gasteiger partial charge on any atom is -0.395 e. The van der Waals surface area contributed by atoms with Gasteiger partial charge in [0.25, 0.3) is 5.91 Å². The highest BCUT2D eigenvalue weighted by Gasteiger charge is 2.28. The van der Waals surface area contributed by atoms with E-state index in [-0.39, 0.29) is 18.6 Å². The molecule has 6 heteroatoms. The first-order valence-corrected chi connectivity index (χ1v) is 7.86. The summed E-state index contributed by atoms with van der Waals surface area (Å²) in [7, 11) is 0. The summed E-state index contributed by atoms with van der Waals surface area (Å²) < 4.78 is 0. The van der Waals surface area contributed by atoms with E-state index in [0.29, 0.717) is 22.9 Å². The van der Waals surface area contributed by atoms with Crippen molar-refractivity contribution in [1.29, 1.82) is 0 Å². The van der Waals surface area contributed by atoms with Crippen LogP contribution in [-0.2, 0) is 0 Å². The van der Waals surface area contributed by atoms with E-state index < -0.39 is 0 Å². The zero-order valence-corrected chi connectivity index (χ0v) is 13.1. The van der Waals surface area contributed by atoms with Gasteiger partial charge in [0.2, 0.25) is 0 Å². The fourth-order valence-corrected chi connectivity index (χ4v) is 2.99. The molecule has 116 valence electrons. The number of carbonyl (C=O) groups is 1. The number of amides is 1. The van der Waals surface area contributed by atoms with Crippen LogP contribution in [0, 0.1) is 0 Å². The molecule has 5 nitrogen and oxygen atoms in total. The van der Waals surface area contributed by atoms with Crippen LogP contribution in [0.2, 0.25) is 5.02 Å². The van der Waals surface area contributed by atoms with Crippen molar-refractivity contribution in [2.45, 2.75) is 38.6 Å². The smallest absolute Gasteiger partial charge is 0.255 e. The van der Waals surface area contributed by atoms with Gasteiger partial charge in [0.1, 0.15) is 5.82 Å². The van der Waals surface area contributed by atoms with Crippen molar-refractivity contribution in [1.82, 2.24) is 9.88 Å². The molecule has 0 unspecified atom stereocenters. The molecule has 1 saturated carbocycles. The van der Waals surface area contributed by atoms with Crippen LogP contribution in [0.1, 0.15) is 43.0 Å². The maximum absolute atomic E-state index is 12.8. The maximum Gasteiger partial charge on any atom is 0.255 e. The first-order chi connectivity index (χ1) is 10.2. The van der Waals surface area contributed by atoms with Gasteiger partial charge >= 0.3 is 0 Å². The van der Waals surface area contributed by atoms with E-state index in [1.807, 2.05) is 6.92 Å². The Bertz CT molecular complexity index is 490. The number of nitrogens with one attached hydrogen (secondary N) is 1. The van der Waals surface area contributed by atoms with E-state index in [9.17, 15) is 9.90 Å². The van der Waals surface area contributed by atoms with Gasteiger partial charge in [-0.05, 0) is 25.8 Å². The third-order valence-electron chi connectivity index (χ3n) is 3.81. The van der Waals surface area contributed by atoms with Crippen molar-refractivity contribution >= 4 is 23.3 Å². The Morgan fingerprint density at radius 2 is 2.24 bits per heavy atom. The van der Waals surface area contributed by atoms with Crippen LogP contribution in [0.3, 0.4) is 0 Å². The van der Waals surface area contributed by atoms with Crippen LogP contribution in [0.15, 0.2) is 12.3 Å². The lowest BCUT2D eigenvalue weighted by Crippen LogP contribution is -2.40. The highest BCUT2D eigenvalue weighted by molar-refractivity contribution is 6.33. The molecule has 0 spiro atoms. The lowest BCUT2D eigenvalue weighted by atomic mass is 10.1. The van der Waals surface area contributed by atoms with Gasteiger partial charge in [0, 0.05) is 25.3 Å². The molecular formula is C15H22ClN3O2. The van der Waals surface area contributed by atoms with Gasteiger partial charge in [-0.1, -0.05) is 24.4 Å². The lowest BCUT2D eigenvalue weighted by molar-refractivity contribution is 0.0638. The molecule has 0 aromatic carbocycles. The Hall–Kier alpha value is -1.33. The van der Waals surface area contributed by atoms with Gasteiger partial charge < -0.3 is 15.3 Å². The number of aliphatic hydroxyl groups excluding tert-OH is 1. The summed E-state index contributed by atoms with van der Waals surface area (Å²) >= 11 is 6.14. The molecule has 1 aromatic heterocycles. The number of hydrogen-bond acceptors (Lipinski definition) is 4. The molecule has 0 saturated heterocycles. The number of hydrogen-bond donors (Lipinski definition) is 2. The van der Waals surface area contributed by atoms with Crippen molar-refractivity contribution in [3.05, 3.63) is 22.8 Å². The van der Waals surface area contributed by atoms with Gasteiger partial charge in [-0.3, -0.25) is 4.79 Å². The topological polar surface area (TPSA) is 65.5 Å². The molecule has 2 N–H and O–H groups in total. The molecule has 1 amide bonds. The normalized spacial score (nSPS) is 15.2. The first-order valence-electron chi connectivity index (χ1n) is 7.48. The second kappa shape index (κ2) is 7.61. The molecule has 1 aliphatic rings. The van der Waals surface area contributed by atoms with Crippen LogP contribution in [-0.4, -0.2) is 46.6 Å². The Kier molecular flexibility index (Phi) is 5.82. The highest BCUT2D eigenvalue weighted by Crippen LogP contribution is 2.27. The molecular weight excluding hydrogens is 290 g/mol. The molecule has 21 heavy (non-hydrogen) atoms. The number of aromatic nitrogens is 1. The predicted octanol–water partition coefficient (Wildman–Crippen LogP) is 2.54. The van der Waals surface area contributed by atoms with Gasteiger partial charge in [-0.25, -0.2) is 4.98 Å². The lowest BCUT2D eigenvalue weighted by Gasteiger charge is -2.28. The Morgan fingerprint density at radius 3 is 2.86 bits per heavy atom. The average Bonchev–Trinajstić information content (AvgIpc) is 3.00. The maximum atomic E-state index is 12.8. The zero-order valence-electron chi connectivity index (χ0n) is 12.3. The van der Waals surface area contributed by atoms with Crippen LogP contribution in [0.25, 0.3) is 0 Å². The monoisotopic (exact) mass is 311 g/mol. The number of anilines is 1. The summed E-state index contributed by atoms with van der Waals surface area (Å²) in [4.78, 5) is 18.7. The molecule has 1 aromatic rings. The summed E-state index contributed by atoms with van der Waals surface area (Å²) in [5.74, 6) is 0.517. The average molecular weight is 312 g/mol. The number of nitrogens with zero attached hydrogens (tertiary/aromatic N) is 2. The Balaban J connectivity index is 2.24. The number of pyridine rings is 1. The molecule has 0 radical (unpaired) electrons. The van der Waals surface area contributed by atoms with E-state index in [1.54, 1.807) is 11.0 Å². The van der Waals surface area contributed by atoms with E-state index >= 15 is 0 Å². The van der Waals surface area contributed by atoms with Crippen molar-refractivity contribution in [2.75, 3.05) is 25.0 Å². The van der Waals surface area contributed by atoms with Gasteiger partial charge in [-0.2, -0.15) is 0 Å². The fraction of sp³-hybridized carbons (Fsp3) is 0.600. The number of carbonyl (C=O) groups excluding carboxylic acids is 1. The van der Waals surface area contributed by atoms with E-state index in [0.717, 1.165) is 32.2 Å². The van der Waals surface area contributed by atoms with E-state index in [4.69, 9.17) is 11.6 Å². The predicted molar refractivity (Wildman–Crippen MR) is 83.8 cm³/mol. The van der Waals surface area contributed by atoms with Crippen LogP contribution in [0.5, 0.6) is 0 Å². The fourth-order valence-electron chi connectivity index (χ4n) is 2.81. The Morgan fingerprint density at radius 1 is 1.52 bits per heavy atom. The van der Waals surface area contributed by atoms with Crippen molar-refractivity contribution in [3.8, 4) is 0 Å². The van der Waals surface area contributed by atoms with Crippen molar-refractivity contribution in [2.24, 2.45) is 0 Å². The molecule has 1 fully saturated rings. The van der Waals surface area contributed by atoms with Gasteiger partial charge in [0.05, 0.1) is 17.2 Å². The SMILES string of the molecule is CCNc1cc(C(=O)N(CCO)C2CCCC2)c(Cl)cn1. The third-order valence-corrected chi connectivity index (χ3v) is 4.11. The molecule has 0 atom stereocenters. The number of halogens is 1. The summed E-state index contributed by atoms with van der Waals surface area (Å²) in [5, 5.41) is 12.7. The molecule has 1 heterocycles. The zero-order chi connectivity index (χ0) is 15.2. The van der Waals surface area contributed by atoms with Crippen molar-refractivity contribution < 1.29 is 9.90 Å². The number of rotatable bonds is 6. The van der Waals surface area contributed by atoms with Crippen molar-refractivity contribution in [3.63, 3.8) is 0 Å². The number of aliphatic hydroxyl groups is 1. The van der Waals surface area contributed by atoms with Gasteiger partial charge in [-0.15, -0.1) is 0 Å². The highest BCUT2D eigenvalue weighted by atomic mass is 35.5. The third kappa shape index (κ3) is 3.86. The minimum absolute atomic E-state index is 0.0367. The summed E-state index contributed by atoms with van der Waals surface area (Å²) in [6.07, 6.45) is 5.75. The van der Waals surface area contributed by atoms with Gasteiger partial charge in [0.15, 0.2) is 0 Å².